The summed E-state index contributed by atoms with van der Waals surface area (Å²) in [5.41, 5.74) is 2.56. The van der Waals surface area contributed by atoms with Gasteiger partial charge in [-0.15, -0.1) is 24.0 Å². The molecule has 1 aromatic heterocycles. The number of hydrogen-bond acceptors (Lipinski definition) is 4. The van der Waals surface area contributed by atoms with Gasteiger partial charge in [0, 0.05) is 31.9 Å². The largest absolute Gasteiger partial charge is 0.478 e. The number of benzene rings is 1. The van der Waals surface area contributed by atoms with Crippen LogP contribution in [0.1, 0.15) is 23.6 Å². The van der Waals surface area contributed by atoms with E-state index in [0.717, 1.165) is 11.1 Å². The Hall–Kier alpha value is -2.08. The molecule has 0 aliphatic heterocycles. The van der Waals surface area contributed by atoms with Gasteiger partial charge in [-0.3, -0.25) is 4.99 Å². The first-order valence-electron chi connectivity index (χ1n) is 9.14. The van der Waals surface area contributed by atoms with E-state index in [-0.39, 0.29) is 30.6 Å². The minimum absolute atomic E-state index is 0. The van der Waals surface area contributed by atoms with Crippen LogP contribution in [-0.4, -0.2) is 37.4 Å². The standard InChI is InChI=1S/C20H25F3N4O2.HI/c1-3-29-18-17(5-4-10-25-18)12-27-19(24-2)26-11-15-6-8-16(9-7-15)13-28-14-20(21,22)23;/h4-10H,3,11-14H2,1-2H3,(H2,24,26,27);1H. The Morgan fingerprint density at radius 3 is 2.37 bits per heavy atom. The van der Waals surface area contributed by atoms with Crippen LogP contribution in [0.15, 0.2) is 47.6 Å². The molecule has 0 unspecified atom stereocenters. The second kappa shape index (κ2) is 13.3. The summed E-state index contributed by atoms with van der Waals surface area (Å²) in [6.45, 7) is 2.12. The third-order valence-corrected chi connectivity index (χ3v) is 3.82. The fourth-order valence-electron chi connectivity index (χ4n) is 2.45. The SMILES string of the molecule is CCOc1ncccc1CNC(=NC)NCc1ccc(COCC(F)(F)F)cc1.I. The summed E-state index contributed by atoms with van der Waals surface area (Å²) in [5.74, 6) is 1.19. The summed E-state index contributed by atoms with van der Waals surface area (Å²) < 4.78 is 46.5. The molecule has 166 valence electrons. The van der Waals surface area contributed by atoms with Gasteiger partial charge in [0.25, 0.3) is 0 Å². The van der Waals surface area contributed by atoms with Crippen molar-refractivity contribution >= 4 is 29.9 Å². The fourth-order valence-corrected chi connectivity index (χ4v) is 2.45. The van der Waals surface area contributed by atoms with E-state index < -0.39 is 12.8 Å². The zero-order valence-corrected chi connectivity index (χ0v) is 19.2. The van der Waals surface area contributed by atoms with E-state index in [2.05, 4.69) is 25.3 Å². The second-order valence-electron chi connectivity index (χ2n) is 6.10. The maximum Gasteiger partial charge on any atom is 0.411 e. The van der Waals surface area contributed by atoms with Gasteiger partial charge in [-0.05, 0) is 24.1 Å². The topological polar surface area (TPSA) is 67.8 Å². The number of aliphatic imine (C=N–C) groups is 1. The van der Waals surface area contributed by atoms with Gasteiger partial charge in [0.2, 0.25) is 5.88 Å². The van der Waals surface area contributed by atoms with E-state index in [9.17, 15) is 13.2 Å². The van der Waals surface area contributed by atoms with E-state index in [1.807, 2.05) is 31.2 Å². The lowest BCUT2D eigenvalue weighted by atomic mass is 10.1. The summed E-state index contributed by atoms with van der Waals surface area (Å²) in [6, 6.07) is 10.9. The lowest BCUT2D eigenvalue weighted by molar-refractivity contribution is -0.176. The molecule has 0 fully saturated rings. The number of ether oxygens (including phenoxy) is 2. The van der Waals surface area contributed by atoms with Crippen LogP contribution in [0.4, 0.5) is 13.2 Å². The second-order valence-corrected chi connectivity index (χ2v) is 6.10. The molecule has 0 bridgehead atoms. The molecule has 0 atom stereocenters. The molecular weight excluding hydrogens is 512 g/mol. The number of rotatable bonds is 9. The molecule has 2 N–H and O–H groups in total. The van der Waals surface area contributed by atoms with Crippen molar-refractivity contribution in [2.45, 2.75) is 32.8 Å². The van der Waals surface area contributed by atoms with Gasteiger partial charge in [0.15, 0.2) is 5.96 Å². The van der Waals surface area contributed by atoms with Crippen molar-refractivity contribution in [3.05, 3.63) is 59.3 Å². The Balaban J connectivity index is 0.00000450. The lowest BCUT2D eigenvalue weighted by Gasteiger charge is -2.14. The number of nitrogens with one attached hydrogen (secondary N) is 2. The van der Waals surface area contributed by atoms with Gasteiger partial charge >= 0.3 is 6.18 Å². The molecule has 0 saturated heterocycles. The fraction of sp³-hybridized carbons (Fsp3) is 0.400. The highest BCUT2D eigenvalue weighted by molar-refractivity contribution is 14.0. The number of nitrogens with zero attached hydrogens (tertiary/aromatic N) is 2. The monoisotopic (exact) mass is 538 g/mol. The van der Waals surface area contributed by atoms with Crippen LogP contribution in [0.5, 0.6) is 5.88 Å². The smallest absolute Gasteiger partial charge is 0.411 e. The summed E-state index contributed by atoms with van der Waals surface area (Å²) in [5, 5.41) is 6.39. The van der Waals surface area contributed by atoms with Crippen molar-refractivity contribution in [2.75, 3.05) is 20.3 Å². The molecule has 1 aromatic carbocycles. The molecule has 10 heteroatoms. The van der Waals surface area contributed by atoms with Gasteiger partial charge in [-0.1, -0.05) is 30.3 Å². The molecule has 1 heterocycles. The Bertz CT molecular complexity index is 786. The average Bonchev–Trinajstić information content (AvgIpc) is 2.69. The molecule has 0 spiro atoms. The first-order chi connectivity index (χ1) is 13.9. The van der Waals surface area contributed by atoms with Crippen molar-refractivity contribution in [2.24, 2.45) is 4.99 Å². The Kier molecular flexibility index (Phi) is 11.5. The maximum absolute atomic E-state index is 12.1. The molecular formula is C20H26F3IN4O2. The van der Waals surface area contributed by atoms with Crippen LogP contribution >= 0.6 is 24.0 Å². The molecule has 0 radical (unpaired) electrons. The van der Waals surface area contributed by atoms with Crippen LogP contribution in [-0.2, 0) is 24.4 Å². The summed E-state index contributed by atoms with van der Waals surface area (Å²) in [6.07, 6.45) is -2.63. The Morgan fingerprint density at radius 1 is 1.07 bits per heavy atom. The molecule has 30 heavy (non-hydrogen) atoms. The van der Waals surface area contributed by atoms with Crippen molar-refractivity contribution < 1.29 is 22.6 Å². The lowest BCUT2D eigenvalue weighted by Crippen LogP contribution is -2.36. The van der Waals surface area contributed by atoms with Crippen LogP contribution in [0.3, 0.4) is 0 Å². The van der Waals surface area contributed by atoms with Crippen LogP contribution in [0, 0.1) is 0 Å². The van der Waals surface area contributed by atoms with E-state index in [1.165, 1.54) is 0 Å². The molecule has 0 aliphatic rings. The quantitative estimate of drug-likeness (QED) is 0.287. The molecule has 0 aliphatic carbocycles. The van der Waals surface area contributed by atoms with Gasteiger partial charge in [0.05, 0.1) is 13.2 Å². The predicted octanol–water partition coefficient (Wildman–Crippen LogP) is 4.04. The average molecular weight is 538 g/mol. The van der Waals surface area contributed by atoms with Gasteiger partial charge < -0.3 is 20.1 Å². The van der Waals surface area contributed by atoms with E-state index in [1.54, 1.807) is 25.4 Å². The molecule has 0 saturated carbocycles. The highest BCUT2D eigenvalue weighted by Gasteiger charge is 2.27. The normalized spacial score (nSPS) is 11.6. The maximum atomic E-state index is 12.1. The van der Waals surface area contributed by atoms with Crippen LogP contribution in [0.2, 0.25) is 0 Å². The highest BCUT2D eigenvalue weighted by atomic mass is 127. The molecule has 6 nitrogen and oxygen atoms in total. The van der Waals surface area contributed by atoms with E-state index >= 15 is 0 Å². The number of halogens is 4. The highest BCUT2D eigenvalue weighted by Crippen LogP contribution is 2.16. The number of pyridine rings is 1. The van der Waals surface area contributed by atoms with E-state index in [0.29, 0.717) is 37.1 Å². The number of guanidine groups is 1. The van der Waals surface area contributed by atoms with Crippen molar-refractivity contribution in [1.29, 1.82) is 0 Å². The van der Waals surface area contributed by atoms with E-state index in [4.69, 9.17) is 4.74 Å². The van der Waals surface area contributed by atoms with Gasteiger partial charge in [-0.25, -0.2) is 4.98 Å². The number of alkyl halides is 3. The predicted molar refractivity (Wildman–Crippen MR) is 120 cm³/mol. The molecule has 2 aromatic rings. The Labute approximate surface area is 191 Å². The van der Waals surface area contributed by atoms with Gasteiger partial charge in [-0.2, -0.15) is 13.2 Å². The summed E-state index contributed by atoms with van der Waals surface area (Å²) in [4.78, 5) is 8.40. The molecule has 0 amide bonds. The van der Waals surface area contributed by atoms with Crippen molar-refractivity contribution in [3.63, 3.8) is 0 Å². The third kappa shape index (κ3) is 9.61. The number of hydrogen-bond donors (Lipinski definition) is 2. The van der Waals surface area contributed by atoms with Crippen molar-refractivity contribution in [3.8, 4) is 5.88 Å². The van der Waals surface area contributed by atoms with Gasteiger partial charge in [0.1, 0.15) is 6.61 Å². The van der Waals surface area contributed by atoms with Crippen LogP contribution < -0.4 is 15.4 Å². The van der Waals surface area contributed by atoms with Crippen LogP contribution in [0.25, 0.3) is 0 Å². The molecule has 2 rings (SSSR count). The Morgan fingerprint density at radius 2 is 1.73 bits per heavy atom. The summed E-state index contributed by atoms with van der Waals surface area (Å²) in [7, 11) is 1.67. The summed E-state index contributed by atoms with van der Waals surface area (Å²) >= 11 is 0. The first-order valence-corrected chi connectivity index (χ1v) is 9.14. The van der Waals surface area contributed by atoms with Crippen molar-refractivity contribution in [1.82, 2.24) is 15.6 Å². The number of aromatic nitrogens is 1. The zero-order chi connectivity index (χ0) is 21.1. The minimum Gasteiger partial charge on any atom is -0.478 e. The minimum atomic E-state index is -4.31. The zero-order valence-electron chi connectivity index (χ0n) is 16.8. The third-order valence-electron chi connectivity index (χ3n) is 3.82. The first kappa shape index (κ1) is 26.0.